The molecule has 0 aliphatic carbocycles. The SMILES string of the molecule is CN(C)S(=O)(=O)N1CCc2onc(C(=O)NCCc3ccc(Cl)c(Cl)c3)c2C1. The number of carbonyl (C=O) groups is 1. The predicted octanol–water partition coefficient (Wildman–Crippen LogP) is 2.12. The monoisotopic (exact) mass is 446 g/mol. The largest absolute Gasteiger partial charge is 0.360 e. The molecular formula is C17H20Cl2N4O4S. The first-order chi connectivity index (χ1) is 13.2. The van der Waals surface area contributed by atoms with Gasteiger partial charge in [0, 0.05) is 45.7 Å². The molecule has 11 heteroatoms. The summed E-state index contributed by atoms with van der Waals surface area (Å²) in [6.45, 7) is 0.689. The Hall–Kier alpha value is -1.65. The normalized spacial score (nSPS) is 14.9. The van der Waals surface area contributed by atoms with Crippen molar-refractivity contribution in [2.24, 2.45) is 0 Å². The molecule has 2 aromatic rings. The molecule has 0 fully saturated rings. The summed E-state index contributed by atoms with van der Waals surface area (Å²) >= 11 is 11.9. The number of fused-ring (bicyclic) bond motifs is 1. The van der Waals surface area contributed by atoms with E-state index in [-0.39, 0.29) is 18.8 Å². The van der Waals surface area contributed by atoms with Gasteiger partial charge in [0.2, 0.25) is 0 Å². The van der Waals surface area contributed by atoms with Crippen molar-refractivity contribution < 1.29 is 17.7 Å². The van der Waals surface area contributed by atoms with E-state index in [1.165, 1.54) is 18.4 Å². The number of hydrogen-bond acceptors (Lipinski definition) is 5. The van der Waals surface area contributed by atoms with E-state index in [1.54, 1.807) is 12.1 Å². The quantitative estimate of drug-likeness (QED) is 0.732. The average molecular weight is 447 g/mol. The standard InChI is InChI=1S/C17H20Cl2N4O4S/c1-22(2)28(25,26)23-8-6-15-12(10-23)16(21-27-15)17(24)20-7-5-11-3-4-13(18)14(19)9-11/h3-4,9H,5-8,10H2,1-2H3,(H,20,24). The third-order valence-electron chi connectivity index (χ3n) is 4.48. The minimum atomic E-state index is -3.58. The van der Waals surface area contributed by atoms with Crippen molar-refractivity contribution in [3.8, 4) is 0 Å². The van der Waals surface area contributed by atoms with Crippen LogP contribution in [0.1, 0.15) is 27.4 Å². The first kappa shape index (κ1) is 21.1. The zero-order chi connectivity index (χ0) is 20.5. The van der Waals surface area contributed by atoms with Gasteiger partial charge in [-0.1, -0.05) is 34.4 Å². The molecule has 2 heterocycles. The van der Waals surface area contributed by atoms with Gasteiger partial charge in [0.25, 0.3) is 16.1 Å². The minimum Gasteiger partial charge on any atom is -0.360 e. The number of aromatic nitrogens is 1. The van der Waals surface area contributed by atoms with Crippen molar-refractivity contribution in [1.29, 1.82) is 0 Å². The number of hydrogen-bond donors (Lipinski definition) is 1. The molecule has 0 spiro atoms. The van der Waals surface area contributed by atoms with Crippen LogP contribution in [0.2, 0.25) is 10.0 Å². The molecule has 8 nitrogen and oxygen atoms in total. The van der Waals surface area contributed by atoms with E-state index in [2.05, 4.69) is 10.5 Å². The summed E-state index contributed by atoms with van der Waals surface area (Å²) in [5, 5.41) is 7.56. The van der Waals surface area contributed by atoms with Crippen molar-refractivity contribution in [3.63, 3.8) is 0 Å². The minimum absolute atomic E-state index is 0.0505. The number of halogens is 2. The highest BCUT2D eigenvalue weighted by atomic mass is 35.5. The fraction of sp³-hybridized carbons (Fsp3) is 0.412. The molecule has 1 aliphatic rings. The van der Waals surface area contributed by atoms with E-state index in [0.29, 0.717) is 40.8 Å². The summed E-state index contributed by atoms with van der Waals surface area (Å²) in [4.78, 5) is 12.5. The van der Waals surface area contributed by atoms with Gasteiger partial charge in [-0.15, -0.1) is 0 Å². The lowest BCUT2D eigenvalue weighted by Crippen LogP contribution is -2.43. The van der Waals surface area contributed by atoms with E-state index >= 15 is 0 Å². The summed E-state index contributed by atoms with van der Waals surface area (Å²) in [6, 6.07) is 5.29. The molecule has 0 atom stereocenters. The molecule has 0 saturated heterocycles. The van der Waals surface area contributed by atoms with Gasteiger partial charge < -0.3 is 9.84 Å². The highest BCUT2D eigenvalue weighted by Gasteiger charge is 2.33. The molecule has 0 saturated carbocycles. The van der Waals surface area contributed by atoms with E-state index in [4.69, 9.17) is 27.7 Å². The van der Waals surface area contributed by atoms with Crippen LogP contribution in [-0.4, -0.2) is 55.3 Å². The Morgan fingerprint density at radius 1 is 1.32 bits per heavy atom. The van der Waals surface area contributed by atoms with Gasteiger partial charge in [-0.2, -0.15) is 17.0 Å². The second-order valence-electron chi connectivity index (χ2n) is 6.56. The topological polar surface area (TPSA) is 95.8 Å². The summed E-state index contributed by atoms with van der Waals surface area (Å²) in [7, 11) is -0.647. The zero-order valence-corrected chi connectivity index (χ0v) is 17.7. The van der Waals surface area contributed by atoms with Gasteiger partial charge >= 0.3 is 0 Å². The van der Waals surface area contributed by atoms with Crippen LogP contribution in [0, 0.1) is 0 Å². The number of nitrogens with zero attached hydrogens (tertiary/aromatic N) is 3. The Labute approximate surface area is 173 Å². The zero-order valence-electron chi connectivity index (χ0n) is 15.4. The molecule has 1 N–H and O–H groups in total. The van der Waals surface area contributed by atoms with Gasteiger partial charge in [0.15, 0.2) is 5.69 Å². The number of benzene rings is 1. The van der Waals surface area contributed by atoms with Crippen molar-refractivity contribution in [2.45, 2.75) is 19.4 Å². The fourth-order valence-electron chi connectivity index (χ4n) is 2.89. The van der Waals surface area contributed by atoms with Crippen molar-refractivity contribution >= 4 is 39.3 Å². The Balaban J connectivity index is 1.66. The lowest BCUT2D eigenvalue weighted by molar-refractivity contribution is 0.0944. The molecule has 152 valence electrons. The Morgan fingerprint density at radius 3 is 2.75 bits per heavy atom. The van der Waals surface area contributed by atoms with Crippen LogP contribution in [-0.2, 0) is 29.6 Å². The lowest BCUT2D eigenvalue weighted by Gasteiger charge is -2.27. The molecule has 1 aromatic heterocycles. The van der Waals surface area contributed by atoms with Crippen LogP contribution in [0.25, 0.3) is 0 Å². The number of carbonyl (C=O) groups excluding carboxylic acids is 1. The third kappa shape index (κ3) is 4.33. The smallest absolute Gasteiger partial charge is 0.281 e. The van der Waals surface area contributed by atoms with Crippen LogP contribution in [0.5, 0.6) is 0 Å². The number of amides is 1. The van der Waals surface area contributed by atoms with Crippen molar-refractivity contribution in [1.82, 2.24) is 19.1 Å². The highest BCUT2D eigenvalue weighted by Crippen LogP contribution is 2.25. The summed E-state index contributed by atoms with van der Waals surface area (Å²) in [5.74, 6) is 0.133. The van der Waals surface area contributed by atoms with E-state index < -0.39 is 16.1 Å². The number of rotatable bonds is 6. The van der Waals surface area contributed by atoms with Gasteiger partial charge in [-0.25, -0.2) is 0 Å². The Bertz CT molecular complexity index is 991. The molecule has 28 heavy (non-hydrogen) atoms. The summed E-state index contributed by atoms with van der Waals surface area (Å²) in [6.07, 6.45) is 0.926. The molecule has 1 aromatic carbocycles. The van der Waals surface area contributed by atoms with Crippen LogP contribution in [0.3, 0.4) is 0 Å². The molecule has 1 aliphatic heterocycles. The molecule has 0 unspecified atom stereocenters. The molecule has 1 amide bonds. The van der Waals surface area contributed by atoms with Crippen molar-refractivity contribution in [3.05, 3.63) is 50.8 Å². The van der Waals surface area contributed by atoms with Crippen LogP contribution in [0.15, 0.2) is 22.7 Å². The first-order valence-corrected chi connectivity index (χ1v) is 10.7. The van der Waals surface area contributed by atoms with Gasteiger partial charge in [0.1, 0.15) is 5.76 Å². The Morgan fingerprint density at radius 2 is 2.07 bits per heavy atom. The van der Waals surface area contributed by atoms with E-state index in [0.717, 1.165) is 9.87 Å². The molecule has 0 radical (unpaired) electrons. The van der Waals surface area contributed by atoms with Crippen LogP contribution in [0.4, 0.5) is 0 Å². The highest BCUT2D eigenvalue weighted by molar-refractivity contribution is 7.86. The second-order valence-corrected chi connectivity index (χ2v) is 9.52. The maximum absolute atomic E-state index is 12.5. The molecular weight excluding hydrogens is 427 g/mol. The maximum Gasteiger partial charge on any atom is 0.281 e. The van der Waals surface area contributed by atoms with Crippen molar-refractivity contribution in [2.75, 3.05) is 27.2 Å². The second kappa shape index (κ2) is 8.38. The fourth-order valence-corrected chi connectivity index (χ4v) is 4.29. The maximum atomic E-state index is 12.5. The number of nitrogens with one attached hydrogen (secondary N) is 1. The van der Waals surface area contributed by atoms with Gasteiger partial charge in [0.05, 0.1) is 10.0 Å². The predicted molar refractivity (Wildman–Crippen MR) is 106 cm³/mol. The average Bonchev–Trinajstić information content (AvgIpc) is 3.07. The Kier molecular flexibility index (Phi) is 6.31. The lowest BCUT2D eigenvalue weighted by atomic mass is 10.1. The summed E-state index contributed by atoms with van der Waals surface area (Å²) < 4.78 is 32.4. The van der Waals surface area contributed by atoms with Gasteiger partial charge in [-0.3, -0.25) is 4.79 Å². The molecule has 0 bridgehead atoms. The van der Waals surface area contributed by atoms with Crippen LogP contribution >= 0.6 is 23.2 Å². The third-order valence-corrected chi connectivity index (χ3v) is 7.10. The van der Waals surface area contributed by atoms with E-state index in [9.17, 15) is 13.2 Å². The van der Waals surface area contributed by atoms with E-state index in [1.807, 2.05) is 6.07 Å². The van der Waals surface area contributed by atoms with Crippen LogP contribution < -0.4 is 5.32 Å². The van der Waals surface area contributed by atoms with Gasteiger partial charge in [-0.05, 0) is 24.1 Å². The molecule has 3 rings (SSSR count). The summed E-state index contributed by atoms with van der Waals surface area (Å²) in [5.41, 5.74) is 1.55. The first-order valence-electron chi connectivity index (χ1n) is 8.57.